The Morgan fingerprint density at radius 3 is 1.57 bits per heavy atom. The lowest BCUT2D eigenvalue weighted by Crippen LogP contribution is -2.02. The Hall–Kier alpha value is 0.0649. The van der Waals surface area contributed by atoms with Crippen molar-refractivity contribution < 1.29 is 0 Å². The SMILES string of the molecule is BC(C)(CC)CC. The van der Waals surface area contributed by atoms with E-state index in [1.165, 1.54) is 12.8 Å². The molecule has 0 fully saturated rings. The van der Waals surface area contributed by atoms with Crippen molar-refractivity contribution in [3.05, 3.63) is 0 Å². The summed E-state index contributed by atoms with van der Waals surface area (Å²) in [6.45, 7) is 6.78. The minimum absolute atomic E-state index is 0.583. The van der Waals surface area contributed by atoms with Crippen LogP contribution >= 0.6 is 0 Å². The van der Waals surface area contributed by atoms with Gasteiger partial charge in [0.1, 0.15) is 7.85 Å². The standard InChI is InChI=1S/C6H15B/c1-4-6(3,7)5-2/h4-5,7H2,1-3H3. The van der Waals surface area contributed by atoms with Crippen molar-refractivity contribution >= 4 is 7.85 Å². The summed E-state index contributed by atoms with van der Waals surface area (Å²) in [5, 5.41) is 0.583. The molecular formula is C6H15B. The van der Waals surface area contributed by atoms with Crippen LogP contribution in [-0.4, -0.2) is 7.85 Å². The van der Waals surface area contributed by atoms with Gasteiger partial charge in [-0.05, 0) is 0 Å². The third kappa shape index (κ3) is 2.72. The Labute approximate surface area is 47.7 Å². The molecule has 1 heteroatoms. The topological polar surface area (TPSA) is 0 Å². The largest absolute Gasteiger partial charge is 0.109 e. The highest BCUT2D eigenvalue weighted by molar-refractivity contribution is 6.14. The molecule has 0 spiro atoms. The van der Waals surface area contributed by atoms with E-state index in [0.29, 0.717) is 5.31 Å². The first kappa shape index (κ1) is 7.06. The van der Waals surface area contributed by atoms with Gasteiger partial charge in [0.15, 0.2) is 0 Å². The van der Waals surface area contributed by atoms with Crippen molar-refractivity contribution in [2.75, 3.05) is 0 Å². The molecule has 0 aliphatic rings. The van der Waals surface area contributed by atoms with Gasteiger partial charge < -0.3 is 0 Å². The Morgan fingerprint density at radius 2 is 1.57 bits per heavy atom. The molecule has 0 saturated heterocycles. The van der Waals surface area contributed by atoms with Gasteiger partial charge in [0.05, 0.1) is 0 Å². The first-order valence-electron chi connectivity index (χ1n) is 3.12. The maximum absolute atomic E-state index is 2.30. The summed E-state index contributed by atoms with van der Waals surface area (Å²) < 4.78 is 0. The molecule has 0 nitrogen and oxygen atoms in total. The summed E-state index contributed by atoms with van der Waals surface area (Å²) >= 11 is 0. The van der Waals surface area contributed by atoms with E-state index in [2.05, 4.69) is 28.6 Å². The van der Waals surface area contributed by atoms with Gasteiger partial charge in [-0.1, -0.05) is 38.9 Å². The normalized spacial score (nSPS) is 11.9. The van der Waals surface area contributed by atoms with Crippen LogP contribution < -0.4 is 0 Å². The Bertz CT molecular complexity index is 42.1. The molecule has 0 atom stereocenters. The quantitative estimate of drug-likeness (QED) is 0.460. The minimum atomic E-state index is 0.583. The van der Waals surface area contributed by atoms with E-state index in [4.69, 9.17) is 0 Å². The van der Waals surface area contributed by atoms with Crippen LogP contribution in [-0.2, 0) is 0 Å². The summed E-state index contributed by atoms with van der Waals surface area (Å²) in [5.41, 5.74) is 0. The van der Waals surface area contributed by atoms with E-state index in [9.17, 15) is 0 Å². The predicted molar refractivity (Wildman–Crippen MR) is 37.5 cm³/mol. The van der Waals surface area contributed by atoms with E-state index >= 15 is 0 Å². The first-order chi connectivity index (χ1) is 3.12. The molecule has 0 aromatic rings. The molecule has 0 N–H and O–H groups in total. The number of hydrogen-bond donors (Lipinski definition) is 0. The second-order valence-corrected chi connectivity index (χ2v) is 2.87. The average molecular weight is 98.0 g/mol. The number of rotatable bonds is 2. The monoisotopic (exact) mass is 98.1 g/mol. The van der Waals surface area contributed by atoms with Crippen LogP contribution in [0.4, 0.5) is 0 Å². The lowest BCUT2D eigenvalue weighted by atomic mass is 9.67. The second-order valence-electron chi connectivity index (χ2n) is 2.87. The zero-order chi connectivity index (χ0) is 5.91. The van der Waals surface area contributed by atoms with E-state index in [1.807, 2.05) is 0 Å². The van der Waals surface area contributed by atoms with Crippen molar-refractivity contribution in [3.8, 4) is 0 Å². The van der Waals surface area contributed by atoms with Crippen LogP contribution in [0.1, 0.15) is 33.6 Å². The molecule has 0 heterocycles. The molecule has 0 aromatic carbocycles. The molecule has 0 amide bonds. The molecule has 0 unspecified atom stereocenters. The second kappa shape index (κ2) is 2.39. The van der Waals surface area contributed by atoms with Crippen LogP contribution in [0.15, 0.2) is 0 Å². The van der Waals surface area contributed by atoms with Gasteiger partial charge in [-0.3, -0.25) is 0 Å². The highest BCUT2D eigenvalue weighted by Gasteiger charge is 2.09. The summed E-state index contributed by atoms with van der Waals surface area (Å²) in [6, 6.07) is 0. The van der Waals surface area contributed by atoms with E-state index in [1.54, 1.807) is 0 Å². The van der Waals surface area contributed by atoms with Crippen LogP contribution in [0.5, 0.6) is 0 Å². The van der Waals surface area contributed by atoms with Crippen LogP contribution in [0.3, 0.4) is 0 Å². The Morgan fingerprint density at radius 1 is 1.29 bits per heavy atom. The molecular weight excluding hydrogens is 82.9 g/mol. The van der Waals surface area contributed by atoms with Gasteiger partial charge in [0, 0.05) is 0 Å². The van der Waals surface area contributed by atoms with Gasteiger partial charge in [-0.25, -0.2) is 0 Å². The van der Waals surface area contributed by atoms with Crippen molar-refractivity contribution in [3.63, 3.8) is 0 Å². The van der Waals surface area contributed by atoms with Crippen LogP contribution in [0.25, 0.3) is 0 Å². The van der Waals surface area contributed by atoms with Gasteiger partial charge in [0.2, 0.25) is 0 Å². The fraction of sp³-hybridized carbons (Fsp3) is 1.00. The molecule has 0 bridgehead atoms. The molecule has 42 valence electrons. The molecule has 0 saturated carbocycles. The van der Waals surface area contributed by atoms with Crippen LogP contribution in [0, 0.1) is 0 Å². The Kier molecular flexibility index (Phi) is 2.41. The molecule has 0 radical (unpaired) electrons. The third-order valence-electron chi connectivity index (χ3n) is 1.91. The fourth-order valence-electron chi connectivity index (χ4n) is 0.250. The minimum Gasteiger partial charge on any atom is -0.0670 e. The van der Waals surface area contributed by atoms with Crippen molar-refractivity contribution in [1.82, 2.24) is 0 Å². The maximum Gasteiger partial charge on any atom is 0.109 e. The van der Waals surface area contributed by atoms with Gasteiger partial charge in [0.25, 0.3) is 0 Å². The third-order valence-corrected chi connectivity index (χ3v) is 1.91. The number of hydrogen-bond acceptors (Lipinski definition) is 0. The lowest BCUT2D eigenvalue weighted by Gasteiger charge is -2.18. The van der Waals surface area contributed by atoms with Gasteiger partial charge in [-0.2, -0.15) is 0 Å². The summed E-state index contributed by atoms with van der Waals surface area (Å²) in [4.78, 5) is 0. The maximum atomic E-state index is 2.30. The average Bonchev–Trinajstić information content (AvgIpc) is 1.68. The van der Waals surface area contributed by atoms with E-state index in [0.717, 1.165) is 0 Å². The highest BCUT2D eigenvalue weighted by Crippen LogP contribution is 2.27. The first-order valence-corrected chi connectivity index (χ1v) is 3.12. The summed E-state index contributed by atoms with van der Waals surface area (Å²) in [7, 11) is 2.30. The predicted octanol–water partition coefficient (Wildman–Crippen LogP) is 1.62. The van der Waals surface area contributed by atoms with Gasteiger partial charge >= 0.3 is 0 Å². The van der Waals surface area contributed by atoms with Crippen LogP contribution in [0.2, 0.25) is 5.31 Å². The lowest BCUT2D eigenvalue weighted by molar-refractivity contribution is 0.571. The van der Waals surface area contributed by atoms with Crippen molar-refractivity contribution in [1.29, 1.82) is 0 Å². The Balaban J connectivity index is 3.36. The van der Waals surface area contributed by atoms with E-state index in [-0.39, 0.29) is 0 Å². The smallest absolute Gasteiger partial charge is 0.0670 e. The zero-order valence-electron chi connectivity index (χ0n) is 5.91. The highest BCUT2D eigenvalue weighted by atomic mass is 14.1. The van der Waals surface area contributed by atoms with Crippen molar-refractivity contribution in [2.45, 2.75) is 38.9 Å². The fourth-order valence-corrected chi connectivity index (χ4v) is 0.250. The van der Waals surface area contributed by atoms with E-state index < -0.39 is 0 Å². The molecule has 7 heavy (non-hydrogen) atoms. The van der Waals surface area contributed by atoms with Crippen molar-refractivity contribution in [2.24, 2.45) is 0 Å². The van der Waals surface area contributed by atoms with Gasteiger partial charge in [-0.15, -0.1) is 0 Å². The summed E-state index contributed by atoms with van der Waals surface area (Å²) in [6.07, 6.45) is 2.59. The summed E-state index contributed by atoms with van der Waals surface area (Å²) in [5.74, 6) is 0. The molecule has 0 rings (SSSR count). The molecule has 0 aliphatic carbocycles. The molecule has 0 aromatic heterocycles. The molecule has 0 aliphatic heterocycles. The zero-order valence-corrected chi connectivity index (χ0v) is 5.91.